The molecule has 2 N–H and O–H groups in total. The van der Waals surface area contributed by atoms with Crippen molar-refractivity contribution >= 4 is 17.6 Å². The van der Waals surface area contributed by atoms with Crippen LogP contribution in [0.1, 0.15) is 33.6 Å². The quantitative estimate of drug-likeness (QED) is 0.733. The van der Waals surface area contributed by atoms with E-state index in [0.717, 1.165) is 0 Å². The van der Waals surface area contributed by atoms with Crippen molar-refractivity contribution in [1.82, 2.24) is 10.6 Å². The van der Waals surface area contributed by atoms with Gasteiger partial charge < -0.3 is 10.6 Å². The molecule has 0 aliphatic heterocycles. The monoisotopic (exact) mass is 324 g/mol. The van der Waals surface area contributed by atoms with Crippen LogP contribution in [0.2, 0.25) is 0 Å². The third-order valence-corrected chi connectivity index (χ3v) is 3.47. The van der Waals surface area contributed by atoms with Crippen LogP contribution in [0.25, 0.3) is 0 Å². The Balaban J connectivity index is 1.62. The molecule has 0 aromatic heterocycles. The van der Waals surface area contributed by atoms with Crippen LogP contribution in [0, 0.1) is 0 Å². The number of hydrogen-bond acceptors (Lipinski definition) is 3. The molecule has 2 aromatic rings. The van der Waals surface area contributed by atoms with E-state index >= 15 is 0 Å². The molecule has 0 atom stereocenters. The highest BCUT2D eigenvalue weighted by molar-refractivity contribution is 5.97. The molecule has 0 saturated heterocycles. The summed E-state index contributed by atoms with van der Waals surface area (Å²) < 4.78 is 0. The Bertz CT molecular complexity index is 625. The maximum Gasteiger partial charge on any atom is 0.314 e. The maximum absolute atomic E-state index is 11.9. The number of carbonyl (C=O) groups is 3. The fourth-order valence-electron chi connectivity index (χ4n) is 2.18. The van der Waals surface area contributed by atoms with Crippen LogP contribution < -0.4 is 10.6 Å². The molecule has 0 unspecified atom stereocenters. The Morgan fingerprint density at radius 2 is 1.00 bits per heavy atom. The van der Waals surface area contributed by atoms with Crippen molar-refractivity contribution in [2.45, 2.75) is 12.8 Å². The number of rotatable bonds is 8. The van der Waals surface area contributed by atoms with Gasteiger partial charge in [-0.25, -0.2) is 4.79 Å². The number of amides is 2. The van der Waals surface area contributed by atoms with Crippen LogP contribution in [0.4, 0.5) is 4.79 Å². The zero-order chi connectivity index (χ0) is 17.2. The lowest BCUT2D eigenvalue weighted by Gasteiger charge is -2.07. The molecule has 5 nitrogen and oxygen atoms in total. The minimum Gasteiger partial charge on any atom is -0.338 e. The molecule has 0 spiro atoms. The third kappa shape index (κ3) is 5.68. The molecule has 124 valence electrons. The zero-order valence-electron chi connectivity index (χ0n) is 13.3. The van der Waals surface area contributed by atoms with Crippen molar-refractivity contribution < 1.29 is 14.4 Å². The SMILES string of the molecule is O=C(NCCC(=O)c1ccccc1)NCCC(=O)c1ccccc1. The molecule has 0 aliphatic rings. The van der Waals surface area contributed by atoms with Crippen LogP contribution in [0.5, 0.6) is 0 Å². The first-order valence-corrected chi connectivity index (χ1v) is 7.85. The summed E-state index contributed by atoms with van der Waals surface area (Å²) >= 11 is 0. The number of carbonyl (C=O) groups excluding carboxylic acids is 3. The Morgan fingerprint density at radius 3 is 1.38 bits per heavy atom. The van der Waals surface area contributed by atoms with Crippen molar-refractivity contribution in [3.05, 3.63) is 71.8 Å². The summed E-state index contributed by atoms with van der Waals surface area (Å²) in [6.07, 6.45) is 0.473. The second kappa shape index (κ2) is 9.25. The van der Waals surface area contributed by atoms with Gasteiger partial charge in [-0.1, -0.05) is 60.7 Å². The lowest BCUT2D eigenvalue weighted by Crippen LogP contribution is -2.37. The number of ketones is 2. The molecular weight excluding hydrogens is 304 g/mol. The van der Waals surface area contributed by atoms with Crippen LogP contribution >= 0.6 is 0 Å². The van der Waals surface area contributed by atoms with Crippen molar-refractivity contribution in [2.24, 2.45) is 0 Å². The van der Waals surface area contributed by atoms with Gasteiger partial charge in [-0.2, -0.15) is 0 Å². The standard InChI is InChI=1S/C19H20N2O3/c22-17(15-7-3-1-4-8-15)11-13-20-19(24)21-14-12-18(23)16-9-5-2-6-10-16/h1-10H,11-14H2,(H2,20,21,24). The fraction of sp³-hybridized carbons (Fsp3) is 0.211. The molecule has 0 radical (unpaired) electrons. The topological polar surface area (TPSA) is 75.3 Å². The first kappa shape index (κ1) is 17.4. The number of urea groups is 1. The van der Waals surface area contributed by atoms with E-state index in [9.17, 15) is 14.4 Å². The largest absolute Gasteiger partial charge is 0.338 e. The number of Topliss-reactive ketones (excluding diaryl/α,β-unsaturated/α-hetero) is 2. The van der Waals surface area contributed by atoms with Crippen molar-refractivity contribution in [1.29, 1.82) is 0 Å². The van der Waals surface area contributed by atoms with E-state index in [0.29, 0.717) is 11.1 Å². The number of hydrogen-bond donors (Lipinski definition) is 2. The van der Waals surface area contributed by atoms with Gasteiger partial charge in [0.1, 0.15) is 0 Å². The van der Waals surface area contributed by atoms with E-state index in [1.165, 1.54) is 0 Å². The van der Waals surface area contributed by atoms with Gasteiger partial charge in [0, 0.05) is 37.1 Å². The highest BCUT2D eigenvalue weighted by Crippen LogP contribution is 2.03. The Morgan fingerprint density at radius 1 is 0.625 bits per heavy atom. The van der Waals surface area contributed by atoms with Crippen LogP contribution in [-0.4, -0.2) is 30.7 Å². The van der Waals surface area contributed by atoms with Gasteiger partial charge >= 0.3 is 6.03 Å². The van der Waals surface area contributed by atoms with Crippen LogP contribution in [0.3, 0.4) is 0 Å². The molecule has 5 heteroatoms. The molecule has 2 aromatic carbocycles. The summed E-state index contributed by atoms with van der Waals surface area (Å²) in [6, 6.07) is 17.5. The summed E-state index contributed by atoms with van der Waals surface area (Å²) in [4.78, 5) is 35.4. The molecule has 24 heavy (non-hydrogen) atoms. The first-order chi connectivity index (χ1) is 11.7. The molecule has 0 heterocycles. The van der Waals surface area contributed by atoms with Gasteiger partial charge in [0.05, 0.1) is 0 Å². The van der Waals surface area contributed by atoms with Gasteiger partial charge in [0.25, 0.3) is 0 Å². The molecule has 0 saturated carbocycles. The molecular formula is C19H20N2O3. The van der Waals surface area contributed by atoms with Gasteiger partial charge in [-0.05, 0) is 0 Å². The Labute approximate surface area is 141 Å². The second-order valence-electron chi connectivity index (χ2n) is 5.26. The van der Waals surface area contributed by atoms with Gasteiger partial charge in [-0.3, -0.25) is 9.59 Å². The molecule has 2 amide bonds. The highest BCUT2D eigenvalue weighted by Gasteiger charge is 2.08. The third-order valence-electron chi connectivity index (χ3n) is 3.47. The van der Waals surface area contributed by atoms with Crippen molar-refractivity contribution in [3.63, 3.8) is 0 Å². The summed E-state index contributed by atoms with van der Waals surface area (Å²) in [5, 5.41) is 5.23. The Hall–Kier alpha value is -2.95. The first-order valence-electron chi connectivity index (χ1n) is 7.85. The van der Waals surface area contributed by atoms with Crippen molar-refractivity contribution in [2.75, 3.05) is 13.1 Å². The molecule has 2 rings (SSSR count). The minimum atomic E-state index is -0.378. The normalized spacial score (nSPS) is 10.0. The van der Waals surface area contributed by atoms with E-state index in [2.05, 4.69) is 10.6 Å². The average molecular weight is 324 g/mol. The smallest absolute Gasteiger partial charge is 0.314 e. The predicted octanol–water partition coefficient (Wildman–Crippen LogP) is 2.83. The molecule has 0 fully saturated rings. The van der Waals surface area contributed by atoms with E-state index in [4.69, 9.17) is 0 Å². The number of nitrogens with one attached hydrogen (secondary N) is 2. The lowest BCUT2D eigenvalue weighted by atomic mass is 10.1. The Kier molecular flexibility index (Phi) is 6.71. The van der Waals surface area contributed by atoms with Gasteiger partial charge in [0.2, 0.25) is 0 Å². The summed E-state index contributed by atoms with van der Waals surface area (Å²) in [5.41, 5.74) is 1.27. The van der Waals surface area contributed by atoms with Crippen LogP contribution in [0.15, 0.2) is 60.7 Å². The second-order valence-corrected chi connectivity index (χ2v) is 5.26. The van der Waals surface area contributed by atoms with Crippen LogP contribution in [-0.2, 0) is 0 Å². The zero-order valence-corrected chi connectivity index (χ0v) is 13.3. The van der Waals surface area contributed by atoms with E-state index < -0.39 is 0 Å². The van der Waals surface area contributed by atoms with E-state index in [1.807, 2.05) is 12.1 Å². The minimum absolute atomic E-state index is 0.0184. The predicted molar refractivity (Wildman–Crippen MR) is 92.2 cm³/mol. The summed E-state index contributed by atoms with van der Waals surface area (Å²) in [7, 11) is 0. The number of benzene rings is 2. The maximum atomic E-state index is 11.9. The van der Waals surface area contributed by atoms with E-state index in [1.54, 1.807) is 48.5 Å². The van der Waals surface area contributed by atoms with Gasteiger partial charge in [0.15, 0.2) is 11.6 Å². The van der Waals surface area contributed by atoms with E-state index in [-0.39, 0.29) is 43.5 Å². The van der Waals surface area contributed by atoms with Gasteiger partial charge in [-0.15, -0.1) is 0 Å². The molecule has 0 aliphatic carbocycles. The van der Waals surface area contributed by atoms with Crippen molar-refractivity contribution in [3.8, 4) is 0 Å². The lowest BCUT2D eigenvalue weighted by molar-refractivity contribution is 0.0977. The summed E-state index contributed by atoms with van der Waals surface area (Å²) in [6.45, 7) is 0.512. The fourth-order valence-corrected chi connectivity index (χ4v) is 2.18. The summed E-state index contributed by atoms with van der Waals surface area (Å²) in [5.74, 6) is -0.0367. The average Bonchev–Trinajstić information content (AvgIpc) is 2.63. The highest BCUT2D eigenvalue weighted by atomic mass is 16.2. The molecule has 0 bridgehead atoms.